The number of hydrazine groups is 1. The fourth-order valence-electron chi connectivity index (χ4n) is 2.46. The molecule has 0 saturated heterocycles. The number of pyridine rings is 1. The van der Waals surface area contributed by atoms with Crippen LogP contribution < -0.4 is 16.0 Å². The van der Waals surface area contributed by atoms with Gasteiger partial charge >= 0.3 is 0 Å². The Hall–Kier alpha value is -1.18. The molecule has 3 unspecified atom stereocenters. The maximum atomic E-state index is 12.3. The van der Waals surface area contributed by atoms with Crippen LogP contribution in [0.3, 0.4) is 0 Å². The van der Waals surface area contributed by atoms with Crippen molar-refractivity contribution in [1.29, 1.82) is 0 Å². The van der Waals surface area contributed by atoms with Gasteiger partial charge in [0.05, 0.1) is 4.90 Å². The van der Waals surface area contributed by atoms with Crippen molar-refractivity contribution in [2.24, 2.45) is 17.7 Å². The Morgan fingerprint density at radius 1 is 1.37 bits per heavy atom. The lowest BCUT2D eigenvalue weighted by Crippen LogP contribution is -2.37. The molecule has 1 saturated carbocycles. The number of nitrogen functional groups attached to an aromatic ring is 1. The van der Waals surface area contributed by atoms with E-state index >= 15 is 0 Å². The average Bonchev–Trinajstić information content (AvgIpc) is 2.70. The molecule has 106 valence electrons. The van der Waals surface area contributed by atoms with Crippen LogP contribution in [0.2, 0.25) is 0 Å². The van der Waals surface area contributed by atoms with Crippen LogP contribution in [0.25, 0.3) is 0 Å². The Labute approximate surface area is 113 Å². The molecule has 2 rings (SSSR count). The van der Waals surface area contributed by atoms with Gasteiger partial charge in [-0.1, -0.05) is 13.8 Å². The number of sulfonamides is 1. The Kier molecular flexibility index (Phi) is 4.07. The maximum absolute atomic E-state index is 12.3. The number of rotatable bonds is 4. The Balaban J connectivity index is 2.18. The third kappa shape index (κ3) is 3.05. The Morgan fingerprint density at radius 3 is 2.68 bits per heavy atom. The van der Waals surface area contributed by atoms with Gasteiger partial charge in [-0.25, -0.2) is 24.0 Å². The molecule has 1 fully saturated rings. The molecule has 1 aromatic heterocycles. The van der Waals surface area contributed by atoms with Crippen LogP contribution in [0.1, 0.15) is 26.7 Å². The first-order valence-corrected chi connectivity index (χ1v) is 7.87. The van der Waals surface area contributed by atoms with Crippen molar-refractivity contribution in [2.75, 3.05) is 5.43 Å². The number of nitrogens with two attached hydrogens (primary N) is 1. The second-order valence-electron chi connectivity index (χ2n) is 5.16. The molecule has 3 atom stereocenters. The van der Waals surface area contributed by atoms with Crippen molar-refractivity contribution >= 4 is 15.8 Å². The summed E-state index contributed by atoms with van der Waals surface area (Å²) in [6.45, 7) is 4.24. The van der Waals surface area contributed by atoms with E-state index in [9.17, 15) is 8.42 Å². The SMILES string of the molecule is CC1CCC(NS(=O)(=O)c2ccnc(NN)c2)C1C. The number of hydrogen-bond donors (Lipinski definition) is 3. The summed E-state index contributed by atoms with van der Waals surface area (Å²) in [6, 6.07) is 2.89. The minimum absolute atomic E-state index is 0.00227. The second-order valence-corrected chi connectivity index (χ2v) is 6.88. The molecule has 0 aromatic carbocycles. The van der Waals surface area contributed by atoms with Crippen LogP contribution in [-0.4, -0.2) is 19.4 Å². The molecule has 4 N–H and O–H groups in total. The molecule has 0 bridgehead atoms. The minimum atomic E-state index is -3.52. The van der Waals surface area contributed by atoms with Gasteiger partial charge in [0.2, 0.25) is 10.0 Å². The molecule has 1 heterocycles. The maximum Gasteiger partial charge on any atom is 0.241 e. The van der Waals surface area contributed by atoms with Gasteiger partial charge in [-0.05, 0) is 30.7 Å². The van der Waals surface area contributed by atoms with Crippen LogP contribution >= 0.6 is 0 Å². The van der Waals surface area contributed by atoms with Gasteiger partial charge in [0, 0.05) is 18.3 Å². The molecule has 0 spiro atoms. The predicted octanol–water partition coefficient (Wildman–Crippen LogP) is 1.08. The summed E-state index contributed by atoms with van der Waals surface area (Å²) in [6.07, 6.45) is 3.36. The summed E-state index contributed by atoms with van der Waals surface area (Å²) in [7, 11) is -3.52. The summed E-state index contributed by atoms with van der Waals surface area (Å²) in [5.41, 5.74) is 2.35. The first-order chi connectivity index (χ1) is 8.94. The third-order valence-electron chi connectivity index (χ3n) is 3.96. The largest absolute Gasteiger partial charge is 0.308 e. The first kappa shape index (κ1) is 14.2. The number of anilines is 1. The van der Waals surface area contributed by atoms with E-state index in [2.05, 4.69) is 29.0 Å². The summed E-state index contributed by atoms with van der Waals surface area (Å²) in [4.78, 5) is 4.08. The zero-order valence-corrected chi connectivity index (χ0v) is 11.9. The highest BCUT2D eigenvalue weighted by molar-refractivity contribution is 7.89. The predicted molar refractivity (Wildman–Crippen MR) is 73.7 cm³/mol. The number of nitrogens with zero attached hydrogens (tertiary/aromatic N) is 1. The molecular weight excluding hydrogens is 264 g/mol. The Bertz CT molecular complexity index is 546. The minimum Gasteiger partial charge on any atom is -0.308 e. The molecule has 0 aliphatic heterocycles. The normalized spacial score (nSPS) is 27.4. The van der Waals surface area contributed by atoms with E-state index in [4.69, 9.17) is 5.84 Å². The standard InChI is InChI=1S/C12H20N4O2S/c1-8-3-4-11(9(8)2)16-19(17,18)10-5-6-14-12(7-10)15-13/h5-9,11,16H,3-4,13H2,1-2H3,(H,14,15). The lowest BCUT2D eigenvalue weighted by Gasteiger charge is -2.19. The highest BCUT2D eigenvalue weighted by Gasteiger charge is 2.33. The van der Waals surface area contributed by atoms with Gasteiger partial charge in [0.1, 0.15) is 5.82 Å². The van der Waals surface area contributed by atoms with Gasteiger partial charge in [0.15, 0.2) is 0 Å². The first-order valence-electron chi connectivity index (χ1n) is 6.39. The zero-order chi connectivity index (χ0) is 14.0. The van der Waals surface area contributed by atoms with Crippen molar-refractivity contribution in [3.05, 3.63) is 18.3 Å². The fourth-order valence-corrected chi connectivity index (χ4v) is 3.83. The average molecular weight is 284 g/mol. The van der Waals surface area contributed by atoms with E-state index < -0.39 is 10.0 Å². The molecule has 0 radical (unpaired) electrons. The molecule has 1 aliphatic rings. The molecule has 1 aromatic rings. The van der Waals surface area contributed by atoms with E-state index in [-0.39, 0.29) is 10.9 Å². The van der Waals surface area contributed by atoms with E-state index in [0.717, 1.165) is 12.8 Å². The molecular formula is C12H20N4O2S. The Morgan fingerprint density at radius 2 is 2.11 bits per heavy atom. The second kappa shape index (κ2) is 5.44. The van der Waals surface area contributed by atoms with Crippen LogP contribution in [0, 0.1) is 11.8 Å². The molecule has 19 heavy (non-hydrogen) atoms. The number of nitrogens with one attached hydrogen (secondary N) is 2. The highest BCUT2D eigenvalue weighted by Crippen LogP contribution is 2.32. The number of hydrogen-bond acceptors (Lipinski definition) is 5. The van der Waals surface area contributed by atoms with Crippen LogP contribution in [0.4, 0.5) is 5.82 Å². The van der Waals surface area contributed by atoms with Crippen molar-refractivity contribution in [1.82, 2.24) is 9.71 Å². The van der Waals surface area contributed by atoms with Crippen LogP contribution in [0.5, 0.6) is 0 Å². The van der Waals surface area contributed by atoms with Crippen molar-refractivity contribution in [2.45, 2.75) is 37.6 Å². The summed E-state index contributed by atoms with van der Waals surface area (Å²) in [5, 5.41) is 0. The highest BCUT2D eigenvalue weighted by atomic mass is 32.2. The lowest BCUT2D eigenvalue weighted by molar-refractivity contribution is 0.402. The summed E-state index contributed by atoms with van der Waals surface area (Å²) < 4.78 is 27.4. The monoisotopic (exact) mass is 284 g/mol. The number of aromatic nitrogens is 1. The zero-order valence-electron chi connectivity index (χ0n) is 11.1. The lowest BCUT2D eigenvalue weighted by atomic mass is 9.98. The van der Waals surface area contributed by atoms with E-state index in [1.807, 2.05) is 0 Å². The van der Waals surface area contributed by atoms with Crippen molar-refractivity contribution in [3.63, 3.8) is 0 Å². The van der Waals surface area contributed by atoms with Gasteiger partial charge in [-0.3, -0.25) is 0 Å². The van der Waals surface area contributed by atoms with Crippen molar-refractivity contribution < 1.29 is 8.42 Å². The smallest absolute Gasteiger partial charge is 0.241 e. The third-order valence-corrected chi connectivity index (χ3v) is 5.45. The molecule has 7 heteroatoms. The van der Waals surface area contributed by atoms with Crippen molar-refractivity contribution in [3.8, 4) is 0 Å². The fraction of sp³-hybridized carbons (Fsp3) is 0.583. The van der Waals surface area contributed by atoms with Gasteiger partial charge in [-0.15, -0.1) is 0 Å². The van der Waals surface area contributed by atoms with E-state index in [1.54, 1.807) is 0 Å². The van der Waals surface area contributed by atoms with Crippen LogP contribution in [0.15, 0.2) is 23.2 Å². The van der Waals surface area contributed by atoms with E-state index in [0.29, 0.717) is 17.7 Å². The summed E-state index contributed by atoms with van der Waals surface area (Å²) >= 11 is 0. The van der Waals surface area contributed by atoms with Gasteiger partial charge in [0.25, 0.3) is 0 Å². The molecule has 0 amide bonds. The van der Waals surface area contributed by atoms with E-state index in [1.165, 1.54) is 18.3 Å². The van der Waals surface area contributed by atoms with Gasteiger partial charge in [-0.2, -0.15) is 0 Å². The summed E-state index contributed by atoms with van der Waals surface area (Å²) in [5.74, 6) is 6.47. The van der Waals surface area contributed by atoms with Crippen LogP contribution in [-0.2, 0) is 10.0 Å². The molecule has 1 aliphatic carbocycles. The topological polar surface area (TPSA) is 97.1 Å². The molecule has 6 nitrogen and oxygen atoms in total. The van der Waals surface area contributed by atoms with Gasteiger partial charge < -0.3 is 5.43 Å². The quantitative estimate of drug-likeness (QED) is 0.568.